The lowest BCUT2D eigenvalue weighted by molar-refractivity contribution is -0.114. The van der Waals surface area contributed by atoms with Gasteiger partial charge in [-0.2, -0.15) is 0 Å². The maximum Gasteiger partial charge on any atom is 0.227 e. The van der Waals surface area contributed by atoms with Crippen LogP contribution >= 0.6 is 0 Å². The van der Waals surface area contributed by atoms with Gasteiger partial charge in [0, 0.05) is 32.1 Å². The van der Waals surface area contributed by atoms with Gasteiger partial charge in [-0.15, -0.1) is 0 Å². The molecule has 0 saturated carbocycles. The van der Waals surface area contributed by atoms with Crippen LogP contribution in [-0.2, 0) is 4.79 Å². The summed E-state index contributed by atoms with van der Waals surface area (Å²) in [5, 5.41) is 0. The number of carbonyl (C=O) groups excluding carboxylic acids is 1. The molecule has 1 aromatic rings. The van der Waals surface area contributed by atoms with Crippen LogP contribution in [0.25, 0.3) is 0 Å². The van der Waals surface area contributed by atoms with E-state index in [1.54, 1.807) is 31.6 Å². The smallest absolute Gasteiger partial charge is 0.227 e. The molecular weight excluding hydrogens is 140 g/mol. The number of anilines is 1. The van der Waals surface area contributed by atoms with Gasteiger partial charge in [-0.25, -0.2) is 0 Å². The first-order valence-electron chi connectivity index (χ1n) is 3.21. The van der Waals surface area contributed by atoms with E-state index < -0.39 is 0 Å². The average Bonchev–Trinajstić information content (AvgIpc) is 2.05. The number of aromatic nitrogens is 1. The zero-order valence-corrected chi connectivity index (χ0v) is 6.32. The number of pyridine rings is 1. The summed E-state index contributed by atoms with van der Waals surface area (Å²) in [5.41, 5.74) is 0.806. The predicted molar refractivity (Wildman–Crippen MR) is 43.0 cm³/mol. The minimum atomic E-state index is -0.226. The summed E-state index contributed by atoms with van der Waals surface area (Å²) < 4.78 is 0. The summed E-state index contributed by atoms with van der Waals surface area (Å²) in [6, 6.07) is 3.51. The van der Waals surface area contributed by atoms with Gasteiger partial charge < -0.3 is 4.90 Å². The van der Waals surface area contributed by atoms with E-state index in [1.807, 2.05) is 0 Å². The Kier molecular flexibility index (Phi) is 2.21. The van der Waals surface area contributed by atoms with Crippen LogP contribution in [0.2, 0.25) is 0 Å². The van der Waals surface area contributed by atoms with E-state index in [0.29, 0.717) is 0 Å². The van der Waals surface area contributed by atoms with Gasteiger partial charge in [0.2, 0.25) is 5.91 Å². The van der Waals surface area contributed by atoms with Crippen molar-refractivity contribution < 1.29 is 4.79 Å². The standard InChI is InChI=1S/C8H9N2O/c1-7(11)10(2)8-3-5-9-6-4-8/h3-6H,1H2,2H3. The number of hydrogen-bond donors (Lipinski definition) is 0. The maximum absolute atomic E-state index is 10.7. The van der Waals surface area contributed by atoms with Gasteiger partial charge in [0.1, 0.15) is 0 Å². The summed E-state index contributed by atoms with van der Waals surface area (Å²) in [7, 11) is 1.67. The fraction of sp³-hybridized carbons (Fsp3) is 0.125. The number of hydrogen-bond acceptors (Lipinski definition) is 2. The van der Waals surface area contributed by atoms with Crippen molar-refractivity contribution in [3.8, 4) is 0 Å². The zero-order valence-electron chi connectivity index (χ0n) is 6.32. The van der Waals surface area contributed by atoms with Crippen LogP contribution in [0.15, 0.2) is 24.5 Å². The van der Waals surface area contributed by atoms with Crippen molar-refractivity contribution in [1.29, 1.82) is 0 Å². The molecule has 0 bridgehead atoms. The number of carbonyl (C=O) groups is 1. The van der Waals surface area contributed by atoms with E-state index in [-0.39, 0.29) is 5.91 Å². The molecular formula is C8H9N2O. The van der Waals surface area contributed by atoms with Crippen molar-refractivity contribution in [1.82, 2.24) is 4.98 Å². The SMILES string of the molecule is [CH2]C(=O)N(C)c1ccncc1. The van der Waals surface area contributed by atoms with E-state index >= 15 is 0 Å². The Morgan fingerprint density at radius 3 is 2.55 bits per heavy atom. The Morgan fingerprint density at radius 1 is 1.55 bits per heavy atom. The fourth-order valence-electron chi connectivity index (χ4n) is 0.712. The highest BCUT2D eigenvalue weighted by Crippen LogP contribution is 2.08. The normalized spacial score (nSPS) is 9.27. The highest BCUT2D eigenvalue weighted by atomic mass is 16.2. The lowest BCUT2D eigenvalue weighted by Gasteiger charge is -2.13. The molecule has 0 aromatic carbocycles. The van der Waals surface area contributed by atoms with Gasteiger partial charge in [-0.3, -0.25) is 9.78 Å². The van der Waals surface area contributed by atoms with Crippen LogP contribution in [0.4, 0.5) is 5.69 Å². The second-order valence-electron chi connectivity index (χ2n) is 2.16. The Bertz CT molecular complexity index is 246. The molecule has 11 heavy (non-hydrogen) atoms. The fourth-order valence-corrected chi connectivity index (χ4v) is 0.712. The van der Waals surface area contributed by atoms with Gasteiger partial charge in [0.15, 0.2) is 0 Å². The van der Waals surface area contributed by atoms with Crippen molar-refractivity contribution >= 4 is 11.6 Å². The van der Waals surface area contributed by atoms with Crippen LogP contribution in [0.1, 0.15) is 0 Å². The first-order valence-corrected chi connectivity index (χ1v) is 3.21. The summed E-state index contributed by atoms with van der Waals surface area (Å²) >= 11 is 0. The molecule has 1 rings (SSSR count). The predicted octanol–water partition coefficient (Wildman–Crippen LogP) is 0.878. The topological polar surface area (TPSA) is 33.2 Å². The lowest BCUT2D eigenvalue weighted by Crippen LogP contribution is -2.22. The van der Waals surface area contributed by atoms with Crippen molar-refractivity contribution in [3.63, 3.8) is 0 Å². The Balaban J connectivity index is 2.85. The number of amides is 1. The van der Waals surface area contributed by atoms with Crippen LogP contribution < -0.4 is 4.90 Å². The molecule has 0 N–H and O–H groups in total. The van der Waals surface area contributed by atoms with E-state index in [9.17, 15) is 4.79 Å². The third-order valence-corrected chi connectivity index (χ3v) is 1.42. The van der Waals surface area contributed by atoms with E-state index in [0.717, 1.165) is 5.69 Å². The van der Waals surface area contributed by atoms with Crippen LogP contribution in [0.5, 0.6) is 0 Å². The minimum absolute atomic E-state index is 0.226. The second-order valence-corrected chi connectivity index (χ2v) is 2.16. The molecule has 0 aliphatic heterocycles. The summed E-state index contributed by atoms with van der Waals surface area (Å²) in [4.78, 5) is 16.0. The number of rotatable bonds is 1. The highest BCUT2D eigenvalue weighted by molar-refractivity contribution is 5.95. The molecule has 1 amide bonds. The molecule has 0 saturated heterocycles. The van der Waals surface area contributed by atoms with Gasteiger partial charge >= 0.3 is 0 Å². The van der Waals surface area contributed by atoms with Crippen molar-refractivity contribution in [2.45, 2.75) is 0 Å². The molecule has 1 radical (unpaired) electrons. The molecule has 0 aliphatic rings. The van der Waals surface area contributed by atoms with E-state index in [1.165, 1.54) is 4.90 Å². The Morgan fingerprint density at radius 2 is 2.09 bits per heavy atom. The minimum Gasteiger partial charge on any atom is -0.315 e. The lowest BCUT2D eigenvalue weighted by atomic mass is 10.4. The van der Waals surface area contributed by atoms with Crippen LogP contribution in [-0.4, -0.2) is 17.9 Å². The average molecular weight is 149 g/mol. The molecule has 3 nitrogen and oxygen atoms in total. The Hall–Kier alpha value is -1.38. The quantitative estimate of drug-likeness (QED) is 0.593. The van der Waals surface area contributed by atoms with E-state index in [4.69, 9.17) is 0 Å². The molecule has 1 heterocycles. The maximum atomic E-state index is 10.7. The third-order valence-electron chi connectivity index (χ3n) is 1.42. The van der Waals surface area contributed by atoms with Crippen molar-refractivity contribution in [3.05, 3.63) is 31.5 Å². The molecule has 3 heteroatoms. The molecule has 57 valence electrons. The van der Waals surface area contributed by atoms with Crippen LogP contribution in [0.3, 0.4) is 0 Å². The summed E-state index contributed by atoms with van der Waals surface area (Å²) in [5.74, 6) is -0.226. The molecule has 0 atom stereocenters. The monoisotopic (exact) mass is 149 g/mol. The highest BCUT2D eigenvalue weighted by Gasteiger charge is 2.02. The second kappa shape index (κ2) is 3.14. The largest absolute Gasteiger partial charge is 0.315 e. The van der Waals surface area contributed by atoms with Gasteiger partial charge in [0.05, 0.1) is 0 Å². The number of nitrogens with zero attached hydrogens (tertiary/aromatic N) is 2. The van der Waals surface area contributed by atoms with Gasteiger partial charge in [0.25, 0.3) is 0 Å². The first-order chi connectivity index (χ1) is 5.22. The molecule has 0 unspecified atom stereocenters. The van der Waals surface area contributed by atoms with Crippen LogP contribution in [0, 0.1) is 6.92 Å². The molecule has 0 spiro atoms. The van der Waals surface area contributed by atoms with Gasteiger partial charge in [-0.05, 0) is 12.1 Å². The molecule has 1 aromatic heterocycles. The van der Waals surface area contributed by atoms with Gasteiger partial charge in [-0.1, -0.05) is 0 Å². The molecule has 0 aliphatic carbocycles. The van der Waals surface area contributed by atoms with Crippen molar-refractivity contribution in [2.24, 2.45) is 0 Å². The van der Waals surface area contributed by atoms with Crippen molar-refractivity contribution in [2.75, 3.05) is 11.9 Å². The first kappa shape index (κ1) is 7.72. The summed E-state index contributed by atoms with van der Waals surface area (Å²) in [6.45, 7) is 3.28. The third kappa shape index (κ3) is 1.77. The molecule has 0 fully saturated rings. The zero-order chi connectivity index (χ0) is 8.27. The summed E-state index contributed by atoms with van der Waals surface area (Å²) in [6.07, 6.45) is 3.27. The Labute approximate surface area is 65.7 Å². The van der Waals surface area contributed by atoms with E-state index in [2.05, 4.69) is 11.9 Å².